The molecule has 52 heavy (non-hydrogen) atoms. The number of fused-ring (bicyclic) bond motifs is 6. The summed E-state index contributed by atoms with van der Waals surface area (Å²) in [6, 6.07) is -3.92. The first-order valence-corrected chi connectivity index (χ1v) is 20.0. The molecule has 3 aliphatic heterocycles. The fourth-order valence-corrected chi connectivity index (χ4v) is 8.32. The van der Waals surface area contributed by atoms with E-state index in [9.17, 15) is 19.2 Å². The summed E-state index contributed by atoms with van der Waals surface area (Å²) < 4.78 is 12.3. The number of hydrogen-bond donors (Lipinski definition) is 4. The fourth-order valence-electron chi connectivity index (χ4n) is 6.28. The molecule has 0 radical (unpaired) electrons. The van der Waals surface area contributed by atoms with E-state index in [1.165, 1.54) is 22.7 Å². The van der Waals surface area contributed by atoms with E-state index in [-0.39, 0.29) is 58.7 Å². The van der Waals surface area contributed by atoms with Crippen LogP contribution in [0.3, 0.4) is 0 Å². The van der Waals surface area contributed by atoms with Gasteiger partial charge in [-0.15, -0.1) is 22.7 Å². The maximum Gasteiger partial charge on any atom is 0.271 e. The fraction of sp³-hybridized carbons (Fsp3) is 0.667. The second kappa shape index (κ2) is 16.4. The molecule has 3 aliphatic rings. The van der Waals surface area contributed by atoms with Crippen LogP contribution in [-0.4, -0.2) is 81.8 Å². The van der Waals surface area contributed by atoms with Crippen molar-refractivity contribution in [1.82, 2.24) is 31.2 Å². The second-order valence-electron chi connectivity index (χ2n) is 14.7. The van der Waals surface area contributed by atoms with Crippen LogP contribution >= 0.6 is 22.7 Å². The largest absolute Gasteiger partial charge is 0.474 e. The number of carbonyl (C=O) groups excluding carboxylic acids is 4. The summed E-state index contributed by atoms with van der Waals surface area (Å²) in [7, 11) is 0. The molecule has 10 atom stereocenters. The Labute approximate surface area is 313 Å². The van der Waals surface area contributed by atoms with Crippen LogP contribution in [-0.2, 0) is 19.1 Å². The second-order valence-corrected chi connectivity index (χ2v) is 16.5. The first kappa shape index (κ1) is 39.3. The van der Waals surface area contributed by atoms with Gasteiger partial charge >= 0.3 is 0 Å². The lowest BCUT2D eigenvalue weighted by molar-refractivity contribution is -0.125. The minimum atomic E-state index is -0.857. The van der Waals surface area contributed by atoms with Gasteiger partial charge in [-0.2, -0.15) is 0 Å². The quantitative estimate of drug-likeness (QED) is 0.330. The Kier molecular flexibility index (Phi) is 12.4. The van der Waals surface area contributed by atoms with Crippen molar-refractivity contribution in [2.75, 3.05) is 0 Å². The number of thiazole rings is 2. The van der Waals surface area contributed by atoms with Crippen molar-refractivity contribution in [3.8, 4) is 0 Å². The zero-order chi connectivity index (χ0) is 38.0. The lowest BCUT2D eigenvalue weighted by Gasteiger charge is -2.24. The normalized spacial score (nSPS) is 29.8. The molecule has 1 unspecified atom stereocenters. The van der Waals surface area contributed by atoms with Crippen LogP contribution in [0, 0.1) is 23.7 Å². The summed E-state index contributed by atoms with van der Waals surface area (Å²) in [5.74, 6) is -1.19. The number of ether oxygens (including phenoxy) is 2. The molecule has 0 aliphatic carbocycles. The van der Waals surface area contributed by atoms with Gasteiger partial charge in [0, 0.05) is 10.8 Å². The summed E-state index contributed by atoms with van der Waals surface area (Å²) >= 11 is 2.57. The summed E-state index contributed by atoms with van der Waals surface area (Å²) in [6.45, 7) is 19.4. The first-order chi connectivity index (χ1) is 24.6. The first-order valence-electron chi connectivity index (χ1n) is 18.2. The van der Waals surface area contributed by atoms with Crippen molar-refractivity contribution in [2.24, 2.45) is 33.7 Å². The van der Waals surface area contributed by atoms with Crippen LogP contribution in [0.2, 0.25) is 0 Å². The zero-order valence-electron chi connectivity index (χ0n) is 31.6. The molecule has 0 saturated carbocycles. The highest BCUT2D eigenvalue weighted by Crippen LogP contribution is 2.30. The monoisotopic (exact) mass is 756 g/mol. The number of nitrogens with one attached hydrogen (secondary N) is 4. The molecular weight excluding hydrogens is 705 g/mol. The van der Waals surface area contributed by atoms with Crippen molar-refractivity contribution in [3.05, 3.63) is 32.2 Å². The van der Waals surface area contributed by atoms with E-state index < -0.39 is 60.3 Å². The predicted molar refractivity (Wildman–Crippen MR) is 201 cm³/mol. The third-order valence-electron chi connectivity index (χ3n) is 10.1. The van der Waals surface area contributed by atoms with E-state index in [1.54, 1.807) is 24.6 Å². The van der Waals surface area contributed by atoms with Crippen LogP contribution in [0.4, 0.5) is 0 Å². The molecule has 4 N–H and O–H groups in total. The lowest BCUT2D eigenvalue weighted by atomic mass is 9.98. The lowest BCUT2D eigenvalue weighted by Crippen LogP contribution is -2.46. The minimum Gasteiger partial charge on any atom is -0.474 e. The molecule has 0 fully saturated rings. The third kappa shape index (κ3) is 8.32. The molecule has 8 bridgehead atoms. The minimum absolute atomic E-state index is 0.0604. The van der Waals surface area contributed by atoms with Crippen molar-refractivity contribution in [3.63, 3.8) is 0 Å². The number of rotatable bonds is 6. The summed E-state index contributed by atoms with van der Waals surface area (Å²) in [5.41, 5.74) is 0.410. The predicted octanol–water partition coefficient (Wildman–Crippen LogP) is 4.60. The van der Waals surface area contributed by atoms with Gasteiger partial charge in [0.1, 0.15) is 45.7 Å². The van der Waals surface area contributed by atoms with E-state index >= 15 is 0 Å². The number of hydrogen-bond acceptors (Lipinski definition) is 12. The number of amides is 4. The molecule has 5 rings (SSSR count). The Morgan fingerprint density at radius 3 is 1.31 bits per heavy atom. The van der Waals surface area contributed by atoms with Gasteiger partial charge in [-0.1, -0.05) is 68.2 Å². The summed E-state index contributed by atoms with van der Waals surface area (Å²) in [4.78, 5) is 73.7. The topological polar surface area (TPSA) is 185 Å². The molecule has 2 aromatic heterocycles. The molecule has 284 valence electrons. The average molecular weight is 757 g/mol. The van der Waals surface area contributed by atoms with Crippen LogP contribution in [0.1, 0.15) is 125 Å². The molecule has 2 aromatic rings. The standard InChI is InChI=1S/C36H52N8O6S2/c1-11-17(7)25-33-43-27(19(9)49-33)31(47)39-24(16(5)6)36-38-22(14-52-36)30(46)42-26(18(8)12-2)34-44-28(20(10)50-34)32(48)40-23(15(3)4)35-37-21(13-51-35)29(45)41-25/h13-20,23-28H,11-12H2,1-10H3,(H,39,47)(H,40,48)(H,41,45)(H,42,46)/t17-,18?,19+,20+,23+,24+,25-,26-,27-,28-/m0/s1. The highest BCUT2D eigenvalue weighted by atomic mass is 32.1. The van der Waals surface area contributed by atoms with Crippen molar-refractivity contribution in [2.45, 2.75) is 131 Å². The van der Waals surface area contributed by atoms with Crippen LogP contribution in [0.5, 0.6) is 0 Å². The van der Waals surface area contributed by atoms with E-state index in [2.05, 4.69) is 31.2 Å². The molecular formula is C36H52N8O6S2. The zero-order valence-corrected chi connectivity index (χ0v) is 33.2. The average Bonchev–Trinajstić information content (AvgIpc) is 3.92. The molecule has 0 aromatic carbocycles. The molecule has 16 heteroatoms. The molecule has 4 amide bonds. The Bertz CT molecular complexity index is 1580. The van der Waals surface area contributed by atoms with Gasteiger partial charge in [-0.05, 0) is 37.5 Å². The maximum atomic E-state index is 13.8. The van der Waals surface area contributed by atoms with E-state index in [0.29, 0.717) is 22.9 Å². The molecule has 0 spiro atoms. The van der Waals surface area contributed by atoms with Crippen molar-refractivity contribution in [1.29, 1.82) is 0 Å². The van der Waals surface area contributed by atoms with Gasteiger partial charge < -0.3 is 30.7 Å². The van der Waals surface area contributed by atoms with Gasteiger partial charge in [0.05, 0.1) is 12.1 Å². The highest BCUT2D eigenvalue weighted by Gasteiger charge is 2.42. The number of aliphatic imine (C=N–C) groups is 2. The molecule has 0 saturated heterocycles. The van der Waals surface area contributed by atoms with Crippen LogP contribution < -0.4 is 21.3 Å². The van der Waals surface area contributed by atoms with E-state index in [1.807, 2.05) is 55.4 Å². The Hall–Kier alpha value is -3.92. The third-order valence-corrected chi connectivity index (χ3v) is 11.9. The Morgan fingerprint density at radius 1 is 0.615 bits per heavy atom. The van der Waals surface area contributed by atoms with Gasteiger partial charge in [-0.3, -0.25) is 19.2 Å². The van der Waals surface area contributed by atoms with Crippen molar-refractivity contribution < 1.29 is 28.7 Å². The van der Waals surface area contributed by atoms with Crippen LogP contribution in [0.15, 0.2) is 20.7 Å². The van der Waals surface area contributed by atoms with E-state index in [4.69, 9.17) is 19.5 Å². The molecule has 14 nitrogen and oxygen atoms in total. The van der Waals surface area contributed by atoms with Gasteiger partial charge in [-0.25, -0.2) is 20.0 Å². The SMILES string of the molecule is CCC(C)[C@@H]1NC(=O)c2csc(n2)[C@@H](C(C)C)NC(=O)[C@H]2N=C(O[C@@H]2C)[C@H]([C@@H](C)CC)NC(=O)c2csc(n2)[C@@H](C(C)C)NC(=O)[C@H]2N=C1O[C@@H]2C. The highest BCUT2D eigenvalue weighted by molar-refractivity contribution is 7.10. The van der Waals surface area contributed by atoms with Gasteiger partial charge in [0.2, 0.25) is 23.6 Å². The number of carbonyl (C=O) groups is 4. The molecule has 5 heterocycles. The maximum absolute atomic E-state index is 13.8. The Morgan fingerprint density at radius 2 is 0.981 bits per heavy atom. The summed E-state index contributed by atoms with van der Waals surface area (Å²) in [5, 5.41) is 16.8. The Balaban J connectivity index is 1.55. The van der Waals surface area contributed by atoms with Crippen LogP contribution in [0.25, 0.3) is 0 Å². The summed E-state index contributed by atoms with van der Waals surface area (Å²) in [6.07, 6.45) is 0.257. The number of aromatic nitrogens is 2. The number of nitrogens with zero attached hydrogens (tertiary/aromatic N) is 4. The van der Waals surface area contributed by atoms with E-state index in [0.717, 1.165) is 0 Å². The van der Waals surface area contributed by atoms with Gasteiger partial charge in [0.25, 0.3) is 11.8 Å². The van der Waals surface area contributed by atoms with Gasteiger partial charge in [0.15, 0.2) is 12.1 Å². The smallest absolute Gasteiger partial charge is 0.271 e. The van der Waals surface area contributed by atoms with Crippen molar-refractivity contribution >= 4 is 58.1 Å².